The molecule has 1 N–H and O–H groups in total. The van der Waals surface area contributed by atoms with Gasteiger partial charge in [-0.1, -0.05) is 6.07 Å². The summed E-state index contributed by atoms with van der Waals surface area (Å²) in [6, 6.07) is 4.59. The Morgan fingerprint density at radius 3 is 2.63 bits per heavy atom. The highest BCUT2D eigenvalue weighted by Crippen LogP contribution is 2.23. The largest absolute Gasteiger partial charge is 0.375 e. The Labute approximate surface area is 187 Å². The minimum Gasteiger partial charge on any atom is -0.375 e. The lowest BCUT2D eigenvalue weighted by Crippen LogP contribution is -2.42. The van der Waals surface area contributed by atoms with Crippen molar-refractivity contribution in [1.82, 2.24) is 20.1 Å². The standard InChI is InChI=1S/C18H29N5OS2.HI/c1-13(24-6)17-21-14(12-26-17)11-23(5)18(19-2)20-10-15(22(3)4)16-8-7-9-25-16;/h7-9,12-13,15H,10-11H2,1-6H3,(H,19,20);1H. The van der Waals surface area contributed by atoms with Gasteiger partial charge in [-0.2, -0.15) is 0 Å². The molecule has 2 rings (SSSR count). The first-order chi connectivity index (χ1) is 12.5. The van der Waals surface area contributed by atoms with Crippen molar-refractivity contribution in [2.24, 2.45) is 4.99 Å². The van der Waals surface area contributed by atoms with Gasteiger partial charge in [0.15, 0.2) is 5.96 Å². The van der Waals surface area contributed by atoms with E-state index in [4.69, 9.17) is 4.74 Å². The Morgan fingerprint density at radius 1 is 1.33 bits per heavy atom. The van der Waals surface area contributed by atoms with Crippen LogP contribution in [0.5, 0.6) is 0 Å². The zero-order valence-electron chi connectivity index (χ0n) is 16.8. The number of methoxy groups -OCH3 is 1. The van der Waals surface area contributed by atoms with Gasteiger partial charge in [-0.3, -0.25) is 4.99 Å². The van der Waals surface area contributed by atoms with E-state index in [2.05, 4.69) is 62.1 Å². The number of thiazole rings is 1. The van der Waals surface area contributed by atoms with Gasteiger partial charge in [-0.25, -0.2) is 4.98 Å². The van der Waals surface area contributed by atoms with Crippen LogP contribution in [0.4, 0.5) is 0 Å². The van der Waals surface area contributed by atoms with Gasteiger partial charge in [0.05, 0.1) is 18.3 Å². The van der Waals surface area contributed by atoms with Crippen LogP contribution in [0.3, 0.4) is 0 Å². The van der Waals surface area contributed by atoms with E-state index in [-0.39, 0.29) is 30.1 Å². The highest BCUT2D eigenvalue weighted by atomic mass is 127. The summed E-state index contributed by atoms with van der Waals surface area (Å²) in [5.74, 6) is 0.864. The third-order valence-corrected chi connectivity index (χ3v) is 6.22. The maximum atomic E-state index is 5.34. The summed E-state index contributed by atoms with van der Waals surface area (Å²) in [6.45, 7) is 3.52. The van der Waals surface area contributed by atoms with Gasteiger partial charge in [0, 0.05) is 38.0 Å². The number of thiophene rings is 1. The molecular weight excluding hydrogens is 493 g/mol. The Kier molecular flexibility index (Phi) is 10.7. The number of nitrogens with one attached hydrogen (secondary N) is 1. The predicted octanol–water partition coefficient (Wildman–Crippen LogP) is 3.84. The lowest BCUT2D eigenvalue weighted by molar-refractivity contribution is 0.119. The molecule has 2 aromatic heterocycles. The summed E-state index contributed by atoms with van der Waals surface area (Å²) in [5.41, 5.74) is 1.03. The Balaban J connectivity index is 0.00000364. The SMILES string of the molecule is CN=C(NCC(c1cccs1)N(C)C)N(C)Cc1csc(C(C)OC)n1.I. The van der Waals surface area contributed by atoms with Crippen molar-refractivity contribution >= 4 is 52.6 Å². The van der Waals surface area contributed by atoms with E-state index < -0.39 is 0 Å². The average molecular weight is 524 g/mol. The molecule has 152 valence electrons. The second-order valence-corrected chi connectivity index (χ2v) is 8.20. The van der Waals surface area contributed by atoms with Gasteiger partial charge in [0.25, 0.3) is 0 Å². The topological polar surface area (TPSA) is 53.0 Å². The lowest BCUT2D eigenvalue weighted by atomic mass is 10.2. The van der Waals surface area contributed by atoms with E-state index in [1.807, 2.05) is 21.0 Å². The van der Waals surface area contributed by atoms with Crippen LogP contribution in [-0.4, -0.2) is 62.6 Å². The van der Waals surface area contributed by atoms with Crippen molar-refractivity contribution in [3.8, 4) is 0 Å². The van der Waals surface area contributed by atoms with Gasteiger partial charge in [-0.05, 0) is 32.5 Å². The van der Waals surface area contributed by atoms with Gasteiger partial charge in [0.1, 0.15) is 11.1 Å². The van der Waals surface area contributed by atoms with Gasteiger partial charge in [-0.15, -0.1) is 46.7 Å². The van der Waals surface area contributed by atoms with Crippen LogP contribution in [0.1, 0.15) is 34.6 Å². The van der Waals surface area contributed by atoms with E-state index in [1.165, 1.54) is 4.88 Å². The number of ether oxygens (including phenoxy) is 1. The minimum atomic E-state index is 0. The third kappa shape index (κ3) is 6.97. The van der Waals surface area contributed by atoms with Crippen LogP contribution >= 0.6 is 46.7 Å². The fourth-order valence-electron chi connectivity index (χ4n) is 2.59. The lowest BCUT2D eigenvalue weighted by Gasteiger charge is -2.27. The Morgan fingerprint density at radius 2 is 2.07 bits per heavy atom. The summed E-state index contributed by atoms with van der Waals surface area (Å²) in [4.78, 5) is 14.8. The molecule has 0 fully saturated rings. The van der Waals surface area contributed by atoms with Crippen LogP contribution in [-0.2, 0) is 11.3 Å². The zero-order chi connectivity index (χ0) is 19.1. The molecule has 0 spiro atoms. The van der Waals surface area contributed by atoms with Crippen molar-refractivity contribution in [2.75, 3.05) is 41.8 Å². The van der Waals surface area contributed by atoms with Crippen LogP contribution in [0.15, 0.2) is 27.9 Å². The number of hydrogen-bond acceptors (Lipinski definition) is 6. The zero-order valence-corrected chi connectivity index (χ0v) is 20.8. The highest BCUT2D eigenvalue weighted by Gasteiger charge is 2.17. The first-order valence-electron chi connectivity index (χ1n) is 8.55. The van der Waals surface area contributed by atoms with Crippen LogP contribution in [0.25, 0.3) is 0 Å². The number of aliphatic imine (C=N–C) groups is 1. The molecule has 2 aromatic rings. The van der Waals surface area contributed by atoms with Crippen molar-refractivity contribution in [3.63, 3.8) is 0 Å². The second-order valence-electron chi connectivity index (χ2n) is 6.33. The van der Waals surface area contributed by atoms with Crippen LogP contribution in [0, 0.1) is 0 Å². The molecule has 0 saturated carbocycles. The molecule has 2 atom stereocenters. The molecule has 0 aromatic carbocycles. The summed E-state index contributed by atoms with van der Waals surface area (Å²) in [6.07, 6.45) is 0.0307. The molecule has 0 amide bonds. The first kappa shape index (κ1) is 24.3. The molecule has 27 heavy (non-hydrogen) atoms. The van der Waals surface area contributed by atoms with Gasteiger partial charge >= 0.3 is 0 Å². The van der Waals surface area contributed by atoms with Crippen LogP contribution in [0.2, 0.25) is 0 Å². The van der Waals surface area contributed by atoms with Crippen molar-refractivity contribution in [3.05, 3.63) is 38.5 Å². The van der Waals surface area contributed by atoms with Crippen molar-refractivity contribution < 1.29 is 4.74 Å². The number of guanidine groups is 1. The molecule has 0 bridgehead atoms. The Hall–Kier alpha value is -0.750. The predicted molar refractivity (Wildman–Crippen MR) is 127 cm³/mol. The van der Waals surface area contributed by atoms with Crippen LogP contribution < -0.4 is 5.32 Å². The van der Waals surface area contributed by atoms with E-state index >= 15 is 0 Å². The fourth-order valence-corrected chi connectivity index (χ4v) is 4.36. The monoisotopic (exact) mass is 523 g/mol. The number of rotatable bonds is 8. The van der Waals surface area contributed by atoms with E-state index in [9.17, 15) is 0 Å². The number of hydrogen-bond donors (Lipinski definition) is 1. The Bertz CT molecular complexity index is 690. The first-order valence-corrected chi connectivity index (χ1v) is 10.3. The maximum absolute atomic E-state index is 5.34. The molecule has 0 saturated heterocycles. The third-order valence-electron chi connectivity index (χ3n) is 4.19. The maximum Gasteiger partial charge on any atom is 0.193 e. The summed E-state index contributed by atoms with van der Waals surface area (Å²) < 4.78 is 5.34. The number of halogens is 1. The van der Waals surface area contributed by atoms with Gasteiger partial charge < -0.3 is 19.9 Å². The summed E-state index contributed by atoms with van der Waals surface area (Å²) in [7, 11) is 9.76. The number of likely N-dealkylation sites (N-methyl/N-ethyl adjacent to an activating group) is 1. The molecule has 0 aliphatic rings. The van der Waals surface area contributed by atoms with Crippen molar-refractivity contribution in [2.45, 2.75) is 25.6 Å². The fraction of sp³-hybridized carbons (Fsp3) is 0.556. The van der Waals surface area contributed by atoms with E-state index in [1.54, 1.807) is 29.8 Å². The molecule has 0 aliphatic heterocycles. The molecular formula is C18H30IN5OS2. The quantitative estimate of drug-likeness (QED) is 0.324. The molecule has 0 aliphatic carbocycles. The number of nitrogens with zero attached hydrogens (tertiary/aromatic N) is 4. The molecule has 6 nitrogen and oxygen atoms in total. The molecule has 0 radical (unpaired) electrons. The summed E-state index contributed by atoms with van der Waals surface area (Å²) >= 11 is 3.42. The molecule has 2 heterocycles. The normalized spacial score (nSPS) is 14.0. The highest BCUT2D eigenvalue weighted by molar-refractivity contribution is 14.0. The van der Waals surface area contributed by atoms with E-state index in [0.29, 0.717) is 12.6 Å². The van der Waals surface area contributed by atoms with Crippen molar-refractivity contribution in [1.29, 1.82) is 0 Å². The summed E-state index contributed by atoms with van der Waals surface area (Å²) in [5, 5.41) is 8.70. The minimum absolute atomic E-state index is 0. The van der Waals surface area contributed by atoms with Gasteiger partial charge in [0.2, 0.25) is 0 Å². The number of aromatic nitrogens is 1. The average Bonchev–Trinajstić information content (AvgIpc) is 3.29. The molecule has 9 heteroatoms. The molecule has 2 unspecified atom stereocenters. The smallest absolute Gasteiger partial charge is 0.193 e. The second kappa shape index (κ2) is 11.9. The van der Waals surface area contributed by atoms with E-state index in [0.717, 1.165) is 23.2 Å².